The number of aromatic amines is 4. The number of fused-ring (bicyclic) bond motifs is 12. The fraction of sp³-hybridized carbons (Fsp3) is 0.191. The third-order valence-electron chi connectivity index (χ3n) is 11.3. The Morgan fingerprint density at radius 1 is 0.587 bits per heavy atom. The van der Waals surface area contributed by atoms with Gasteiger partial charge in [0.05, 0.1) is 41.8 Å². The minimum Gasteiger partial charge on any atom is -0.489 e. The highest BCUT2D eigenvalue weighted by Gasteiger charge is 2.20. The van der Waals surface area contributed by atoms with Crippen LogP contribution < -0.4 is 31.2 Å². The number of aliphatic imine (C=N–C) groups is 2. The van der Waals surface area contributed by atoms with Gasteiger partial charge in [0.15, 0.2) is 23.4 Å². The summed E-state index contributed by atoms with van der Waals surface area (Å²) in [6.45, 7) is 3.88. The predicted molar refractivity (Wildman–Crippen MR) is 244 cm³/mol. The molecule has 0 radical (unpaired) electrons. The van der Waals surface area contributed by atoms with Crippen LogP contribution in [0.15, 0.2) is 94.9 Å². The molecule has 12 nitrogen and oxygen atoms in total. The number of H-pyrrole nitrogens is 4. The number of guanidine groups is 2. The van der Waals surface area contributed by atoms with E-state index in [2.05, 4.69) is 45.9 Å². The van der Waals surface area contributed by atoms with Crippen LogP contribution in [0, 0.1) is 23.3 Å². The molecule has 0 unspecified atom stereocenters. The van der Waals surface area contributed by atoms with Gasteiger partial charge in [-0.2, -0.15) is 0 Å². The van der Waals surface area contributed by atoms with Gasteiger partial charge in [0.1, 0.15) is 23.3 Å². The topological polar surface area (TPSA) is 168 Å². The lowest BCUT2D eigenvalue weighted by Gasteiger charge is -2.10. The van der Waals surface area contributed by atoms with E-state index in [0.717, 1.165) is 119 Å². The van der Waals surface area contributed by atoms with Gasteiger partial charge in [0.2, 0.25) is 0 Å². The number of hydrogen-bond acceptors (Lipinski definition) is 6. The lowest BCUT2D eigenvalue weighted by atomic mass is 10.1. The van der Waals surface area contributed by atoms with Crippen LogP contribution >= 0.6 is 0 Å². The fourth-order valence-electron chi connectivity index (χ4n) is 8.39. The molecule has 5 heterocycles. The molecule has 320 valence electrons. The summed E-state index contributed by atoms with van der Waals surface area (Å²) in [4.78, 5) is 21.6. The molecule has 0 saturated heterocycles. The number of nitrogens with two attached hydrogens (primary N) is 1. The molecule has 63 heavy (non-hydrogen) atoms. The smallest absolute Gasteiger partial charge is 0.191 e. The van der Waals surface area contributed by atoms with Crippen molar-refractivity contribution in [2.75, 3.05) is 46.4 Å². The first-order valence-corrected chi connectivity index (χ1v) is 20.7. The maximum Gasteiger partial charge on any atom is 0.191 e. The summed E-state index contributed by atoms with van der Waals surface area (Å²) in [7, 11) is 1.62. The Hall–Kier alpha value is -7.62. The second-order valence-corrected chi connectivity index (χ2v) is 15.4. The van der Waals surface area contributed by atoms with E-state index in [0.29, 0.717) is 43.6 Å². The molecule has 6 aromatic carbocycles. The monoisotopic (exact) mass is 854 g/mol. The molecule has 9 N–H and O–H groups in total. The molecule has 1 aliphatic rings. The summed E-state index contributed by atoms with van der Waals surface area (Å²) in [5, 5.41) is 15.8. The van der Waals surface area contributed by atoms with Crippen LogP contribution in [-0.4, -0.2) is 78.3 Å². The van der Waals surface area contributed by atoms with Crippen LogP contribution in [0.3, 0.4) is 0 Å². The predicted octanol–water partition coefficient (Wildman–Crippen LogP) is 9.09. The van der Waals surface area contributed by atoms with E-state index < -0.39 is 0 Å². The summed E-state index contributed by atoms with van der Waals surface area (Å²) in [6.07, 6.45) is 1.46. The second kappa shape index (κ2) is 16.3. The quantitative estimate of drug-likeness (QED) is 0.0296. The summed E-state index contributed by atoms with van der Waals surface area (Å²) in [5.41, 5.74) is 12.0. The van der Waals surface area contributed by atoms with Crippen LogP contribution in [0.1, 0.15) is 12.8 Å². The number of nitrogens with zero attached hydrogens (tertiary/aromatic N) is 2. The average molecular weight is 855 g/mol. The van der Waals surface area contributed by atoms with Crippen molar-refractivity contribution in [2.45, 2.75) is 12.8 Å². The third-order valence-corrected chi connectivity index (χ3v) is 11.3. The number of hydrogen-bond donors (Lipinski definition) is 8. The first-order chi connectivity index (χ1) is 30.7. The summed E-state index contributed by atoms with van der Waals surface area (Å²) in [5.74, 6) is 1.23. The van der Waals surface area contributed by atoms with Crippen LogP contribution in [0.4, 0.5) is 17.6 Å². The largest absolute Gasteiger partial charge is 0.489 e. The van der Waals surface area contributed by atoms with Crippen molar-refractivity contribution >= 4 is 99.1 Å². The Morgan fingerprint density at radius 3 is 1.35 bits per heavy atom. The van der Waals surface area contributed by atoms with Crippen LogP contribution in [0.2, 0.25) is 0 Å². The molecule has 0 amide bonds. The Balaban J connectivity index is 0.000000150. The first kappa shape index (κ1) is 39.5. The van der Waals surface area contributed by atoms with Crippen LogP contribution in [-0.2, 0) is 0 Å². The van der Waals surface area contributed by atoms with Crippen molar-refractivity contribution < 1.29 is 27.0 Å². The second-order valence-electron chi connectivity index (χ2n) is 15.4. The van der Waals surface area contributed by atoms with Crippen molar-refractivity contribution in [2.24, 2.45) is 15.7 Å². The molecule has 16 heteroatoms. The van der Waals surface area contributed by atoms with E-state index in [1.54, 1.807) is 31.3 Å². The van der Waals surface area contributed by atoms with E-state index in [1.807, 2.05) is 12.1 Å². The lowest BCUT2D eigenvalue weighted by molar-refractivity contribution is 0.317. The maximum atomic E-state index is 14.0. The molecule has 1 aliphatic heterocycles. The zero-order valence-corrected chi connectivity index (χ0v) is 34.0. The zero-order chi connectivity index (χ0) is 43.2. The molecule has 0 bridgehead atoms. The van der Waals surface area contributed by atoms with Gasteiger partial charge in [0, 0.05) is 91.8 Å². The zero-order valence-electron chi connectivity index (χ0n) is 34.0. The molecule has 0 spiro atoms. The molecule has 0 fully saturated rings. The summed E-state index contributed by atoms with van der Waals surface area (Å²) < 4.78 is 68.4. The number of halogens is 4. The van der Waals surface area contributed by atoms with Crippen molar-refractivity contribution in [1.29, 1.82) is 0 Å². The Labute approximate surface area is 355 Å². The number of aromatic nitrogens is 4. The minimum absolute atomic E-state index is 0.305. The average Bonchev–Trinajstić information content (AvgIpc) is 4.13. The van der Waals surface area contributed by atoms with Gasteiger partial charge in [0.25, 0.3) is 0 Å². The number of rotatable bonds is 10. The van der Waals surface area contributed by atoms with Gasteiger partial charge < -0.3 is 51.1 Å². The van der Waals surface area contributed by atoms with E-state index >= 15 is 0 Å². The van der Waals surface area contributed by atoms with Crippen molar-refractivity contribution in [3.05, 3.63) is 108 Å². The molecular weight excluding hydrogens is 813 g/mol. The summed E-state index contributed by atoms with van der Waals surface area (Å²) in [6, 6.07) is 22.5. The standard InChI is InChI=1S/C24H21F2N5O.C23H21F2N5O/c25-13-2-4-19-15(10-13)17-12-18-16-11-14(26)3-5-20(16)31-22(18)23(21(17)30-19)32-9-1-6-27-24-28-7-8-29-24;1-27-23(26)28-7-2-8-31-22-20-16(14-9-12(24)3-5-18(14)29-20)11-17-15-10-13(25)4-6-19(15)30-21(17)22/h2-5,10-12,30-31H,1,6-9H2,(H2,27,28,29);3-6,9-11,29-30H,2,7-8H2,1H3,(H3,26,27,28). The lowest BCUT2D eigenvalue weighted by Crippen LogP contribution is -2.34. The van der Waals surface area contributed by atoms with E-state index in [9.17, 15) is 17.6 Å². The highest BCUT2D eigenvalue weighted by molar-refractivity contribution is 6.22. The van der Waals surface area contributed by atoms with Gasteiger partial charge >= 0.3 is 0 Å². The molecule has 10 aromatic rings. The number of benzene rings is 6. The molecular formula is C47H42F4N10O2. The first-order valence-electron chi connectivity index (χ1n) is 20.7. The highest BCUT2D eigenvalue weighted by Crippen LogP contribution is 2.43. The third kappa shape index (κ3) is 7.46. The number of ether oxygens (including phenoxy) is 2. The molecule has 4 aromatic heterocycles. The Kier molecular flexibility index (Phi) is 10.2. The highest BCUT2D eigenvalue weighted by atomic mass is 19.1. The molecule has 0 saturated carbocycles. The molecule has 0 atom stereocenters. The molecule has 11 rings (SSSR count). The fourth-order valence-corrected chi connectivity index (χ4v) is 8.39. The van der Waals surface area contributed by atoms with E-state index in [1.165, 1.54) is 48.5 Å². The van der Waals surface area contributed by atoms with Gasteiger partial charge in [-0.3, -0.25) is 9.98 Å². The van der Waals surface area contributed by atoms with E-state index in [4.69, 9.17) is 15.2 Å². The summed E-state index contributed by atoms with van der Waals surface area (Å²) >= 11 is 0. The van der Waals surface area contributed by atoms with E-state index in [-0.39, 0.29) is 23.3 Å². The van der Waals surface area contributed by atoms with Gasteiger partial charge in [-0.1, -0.05) is 0 Å². The van der Waals surface area contributed by atoms with Crippen molar-refractivity contribution in [3.63, 3.8) is 0 Å². The van der Waals surface area contributed by atoms with Gasteiger partial charge in [-0.05, 0) is 97.8 Å². The van der Waals surface area contributed by atoms with Crippen molar-refractivity contribution in [1.82, 2.24) is 35.9 Å². The maximum absolute atomic E-state index is 14.0. The Bertz CT molecular complexity index is 3250. The van der Waals surface area contributed by atoms with Crippen LogP contribution in [0.5, 0.6) is 11.5 Å². The van der Waals surface area contributed by atoms with Crippen molar-refractivity contribution in [3.8, 4) is 11.5 Å². The van der Waals surface area contributed by atoms with Gasteiger partial charge in [-0.15, -0.1) is 0 Å². The minimum atomic E-state index is -0.317. The Morgan fingerprint density at radius 2 is 0.984 bits per heavy atom. The normalized spacial score (nSPS) is 13.2. The molecule has 0 aliphatic carbocycles. The number of nitrogens with one attached hydrogen (secondary N) is 7. The SMILES string of the molecule is CN=C(N)NCCCOc1c2[nH]c3ccc(F)cc3c2cc2c1[nH]c1ccc(F)cc12.Fc1ccc2[nH]c3c(OCCCNC4=NCCN4)c4[nH]c5ccc(F)cc5c4cc3c2c1. The van der Waals surface area contributed by atoms with Gasteiger partial charge in [-0.25, -0.2) is 17.6 Å². The van der Waals surface area contributed by atoms with Crippen LogP contribution in [0.25, 0.3) is 87.2 Å².